The molecule has 1 amide bonds. The van der Waals surface area contributed by atoms with Gasteiger partial charge < -0.3 is 14.4 Å². The highest BCUT2D eigenvalue weighted by molar-refractivity contribution is 7.91. The quantitative estimate of drug-likeness (QED) is 0.423. The first-order valence-corrected chi connectivity index (χ1v) is 12.8. The van der Waals surface area contributed by atoms with Gasteiger partial charge in [-0.3, -0.25) is 4.79 Å². The van der Waals surface area contributed by atoms with Crippen LogP contribution in [-0.4, -0.2) is 38.6 Å². The Hall–Kier alpha value is -2.84. The molecule has 0 N–H and O–H groups in total. The minimum Gasteiger partial charge on any atom is -0.493 e. The number of ether oxygens (including phenoxy) is 2. The van der Waals surface area contributed by atoms with Crippen LogP contribution in [0.3, 0.4) is 0 Å². The van der Waals surface area contributed by atoms with Gasteiger partial charge in [-0.15, -0.1) is 11.3 Å². The summed E-state index contributed by atoms with van der Waals surface area (Å²) in [5, 5.41) is 2.01. The Kier molecular flexibility index (Phi) is 7.93. The molecule has 0 atom stereocenters. The first kappa shape index (κ1) is 23.8. The second kappa shape index (κ2) is 10.7. The Morgan fingerprint density at radius 1 is 1.03 bits per heavy atom. The van der Waals surface area contributed by atoms with Crippen LogP contribution in [0.5, 0.6) is 11.5 Å². The molecule has 1 aromatic heterocycles. The van der Waals surface area contributed by atoms with E-state index in [4.69, 9.17) is 9.47 Å². The number of hydrogen-bond acceptors (Lipinski definition) is 6. The molecular weight excluding hydrogens is 446 g/mol. The third-order valence-corrected chi connectivity index (χ3v) is 7.66. The molecule has 0 bridgehead atoms. The minimum absolute atomic E-state index is 0.0241. The van der Waals surface area contributed by atoms with Crippen LogP contribution in [-0.2, 0) is 23.0 Å². The number of carbonyl (C=O) groups excluding carboxylic acids is 1. The Balaban J connectivity index is 1.72. The van der Waals surface area contributed by atoms with Crippen LogP contribution in [0, 0.1) is 0 Å². The molecule has 6 nitrogen and oxygen atoms in total. The van der Waals surface area contributed by atoms with Crippen LogP contribution < -0.4 is 9.47 Å². The average Bonchev–Trinajstić information content (AvgIpc) is 3.34. The van der Waals surface area contributed by atoms with E-state index in [0.29, 0.717) is 36.8 Å². The van der Waals surface area contributed by atoms with E-state index < -0.39 is 9.84 Å². The van der Waals surface area contributed by atoms with Gasteiger partial charge in [-0.25, -0.2) is 8.42 Å². The molecule has 0 saturated heterocycles. The van der Waals surface area contributed by atoms with Crippen molar-refractivity contribution in [1.29, 1.82) is 0 Å². The second-order valence-corrected chi connectivity index (χ2v) is 10.4. The molecule has 0 aliphatic heterocycles. The lowest BCUT2D eigenvalue weighted by molar-refractivity contribution is 0.0752. The van der Waals surface area contributed by atoms with Crippen LogP contribution in [0.4, 0.5) is 0 Å². The maximum absolute atomic E-state index is 13.0. The summed E-state index contributed by atoms with van der Waals surface area (Å²) in [4.78, 5) is 16.0. The number of hydrogen-bond donors (Lipinski definition) is 0. The standard InChI is InChI=1S/C24H27NO5S2/c1-4-25(24(26)19-9-11-21(12-10-19)32(27,28)5-2)16-18-8-13-22(23(15-18)29-3)30-17-20-7-6-14-31-20/h6-15H,4-5,16-17H2,1-3H3. The monoisotopic (exact) mass is 473 g/mol. The van der Waals surface area contributed by atoms with Crippen molar-refractivity contribution in [2.24, 2.45) is 0 Å². The predicted octanol–water partition coefficient (Wildman–Crippen LogP) is 4.79. The van der Waals surface area contributed by atoms with Crippen LogP contribution in [0.1, 0.15) is 34.6 Å². The summed E-state index contributed by atoms with van der Waals surface area (Å²) in [5.74, 6) is 1.12. The van der Waals surface area contributed by atoms with Crippen LogP contribution >= 0.6 is 11.3 Å². The molecule has 0 spiro atoms. The number of methoxy groups -OCH3 is 1. The summed E-state index contributed by atoms with van der Waals surface area (Å²) >= 11 is 1.63. The lowest BCUT2D eigenvalue weighted by atomic mass is 10.1. The molecule has 0 aliphatic rings. The topological polar surface area (TPSA) is 72.9 Å². The van der Waals surface area contributed by atoms with E-state index in [1.54, 1.807) is 42.4 Å². The van der Waals surface area contributed by atoms with Gasteiger partial charge in [0.05, 0.1) is 17.8 Å². The fourth-order valence-electron chi connectivity index (χ4n) is 3.17. The number of rotatable bonds is 10. The van der Waals surface area contributed by atoms with Crippen molar-refractivity contribution in [3.63, 3.8) is 0 Å². The first-order valence-electron chi connectivity index (χ1n) is 10.3. The lowest BCUT2D eigenvalue weighted by Crippen LogP contribution is -2.30. The fraction of sp³-hybridized carbons (Fsp3) is 0.292. The SMILES string of the molecule is CCN(Cc1ccc(OCc2cccs2)c(OC)c1)C(=O)c1ccc(S(=O)(=O)CC)cc1. The number of nitrogens with zero attached hydrogens (tertiary/aromatic N) is 1. The normalized spacial score (nSPS) is 11.2. The van der Waals surface area contributed by atoms with E-state index >= 15 is 0 Å². The van der Waals surface area contributed by atoms with E-state index in [9.17, 15) is 13.2 Å². The first-order chi connectivity index (χ1) is 15.4. The van der Waals surface area contributed by atoms with Gasteiger partial charge in [0, 0.05) is 23.5 Å². The number of sulfone groups is 1. The number of amides is 1. The van der Waals surface area contributed by atoms with Crippen LogP contribution in [0.15, 0.2) is 64.9 Å². The van der Waals surface area contributed by atoms with Crippen molar-refractivity contribution in [3.05, 3.63) is 76.0 Å². The Morgan fingerprint density at radius 3 is 2.38 bits per heavy atom. The molecule has 0 saturated carbocycles. The zero-order valence-electron chi connectivity index (χ0n) is 18.4. The van der Waals surface area contributed by atoms with Crippen molar-refractivity contribution >= 4 is 27.1 Å². The van der Waals surface area contributed by atoms with Gasteiger partial charge in [0.1, 0.15) is 6.61 Å². The van der Waals surface area contributed by atoms with Gasteiger partial charge >= 0.3 is 0 Å². The van der Waals surface area contributed by atoms with Gasteiger partial charge in [0.2, 0.25) is 0 Å². The number of carbonyl (C=O) groups is 1. The van der Waals surface area contributed by atoms with E-state index in [0.717, 1.165) is 10.4 Å². The zero-order chi connectivity index (χ0) is 23.1. The molecular formula is C24H27NO5S2. The molecule has 3 rings (SSSR count). The van der Waals surface area contributed by atoms with Crippen molar-refractivity contribution in [3.8, 4) is 11.5 Å². The summed E-state index contributed by atoms with van der Waals surface area (Å²) in [6.07, 6.45) is 0. The largest absolute Gasteiger partial charge is 0.493 e. The highest BCUT2D eigenvalue weighted by Crippen LogP contribution is 2.30. The van der Waals surface area contributed by atoms with Crippen LogP contribution in [0.2, 0.25) is 0 Å². The molecule has 170 valence electrons. The fourth-order valence-corrected chi connectivity index (χ4v) is 4.67. The Bertz CT molecular complexity index is 1140. The zero-order valence-corrected chi connectivity index (χ0v) is 20.0. The highest BCUT2D eigenvalue weighted by atomic mass is 32.2. The smallest absolute Gasteiger partial charge is 0.254 e. The minimum atomic E-state index is -3.30. The summed E-state index contributed by atoms with van der Waals surface area (Å²) < 4.78 is 35.4. The molecule has 1 heterocycles. The van der Waals surface area contributed by atoms with Gasteiger partial charge in [0.25, 0.3) is 5.91 Å². The molecule has 3 aromatic rings. The third-order valence-electron chi connectivity index (χ3n) is 5.06. The molecule has 0 fully saturated rings. The predicted molar refractivity (Wildman–Crippen MR) is 126 cm³/mol. The van der Waals surface area contributed by atoms with E-state index in [1.807, 2.05) is 42.6 Å². The third kappa shape index (κ3) is 5.69. The van der Waals surface area contributed by atoms with E-state index in [1.165, 1.54) is 12.1 Å². The maximum atomic E-state index is 13.0. The van der Waals surface area contributed by atoms with E-state index in [-0.39, 0.29) is 16.6 Å². The summed E-state index contributed by atoms with van der Waals surface area (Å²) in [7, 11) is -1.71. The van der Waals surface area contributed by atoms with Crippen molar-refractivity contribution in [2.75, 3.05) is 19.4 Å². The summed E-state index contributed by atoms with van der Waals surface area (Å²) in [6, 6.07) is 15.7. The molecule has 2 aromatic carbocycles. The summed E-state index contributed by atoms with van der Waals surface area (Å²) in [5.41, 5.74) is 1.36. The van der Waals surface area contributed by atoms with Crippen molar-refractivity contribution < 1.29 is 22.7 Å². The van der Waals surface area contributed by atoms with Crippen LogP contribution in [0.25, 0.3) is 0 Å². The van der Waals surface area contributed by atoms with Crippen molar-refractivity contribution in [2.45, 2.75) is 31.9 Å². The number of benzene rings is 2. The van der Waals surface area contributed by atoms with E-state index in [2.05, 4.69) is 0 Å². The Labute approximate surface area is 193 Å². The molecule has 0 radical (unpaired) electrons. The average molecular weight is 474 g/mol. The highest BCUT2D eigenvalue weighted by Gasteiger charge is 2.18. The molecule has 0 aliphatic carbocycles. The summed E-state index contributed by atoms with van der Waals surface area (Å²) in [6.45, 7) is 4.87. The van der Waals surface area contributed by atoms with Gasteiger partial charge in [-0.1, -0.05) is 19.1 Å². The number of thiophene rings is 1. The Morgan fingerprint density at radius 2 is 1.78 bits per heavy atom. The van der Waals surface area contributed by atoms with Gasteiger partial charge in [-0.2, -0.15) is 0 Å². The van der Waals surface area contributed by atoms with Crippen molar-refractivity contribution in [1.82, 2.24) is 4.90 Å². The van der Waals surface area contributed by atoms with Gasteiger partial charge in [0.15, 0.2) is 21.3 Å². The molecule has 8 heteroatoms. The molecule has 32 heavy (non-hydrogen) atoms. The second-order valence-electron chi connectivity index (χ2n) is 7.10. The molecule has 0 unspecified atom stereocenters. The van der Waals surface area contributed by atoms with Gasteiger partial charge in [-0.05, 0) is 60.3 Å². The lowest BCUT2D eigenvalue weighted by Gasteiger charge is -2.22. The maximum Gasteiger partial charge on any atom is 0.254 e.